The van der Waals surface area contributed by atoms with Gasteiger partial charge in [-0.15, -0.1) is 23.7 Å². The van der Waals surface area contributed by atoms with Gasteiger partial charge in [-0.3, -0.25) is 0 Å². The lowest BCUT2D eigenvalue weighted by atomic mass is 9.89. The zero-order valence-corrected chi connectivity index (χ0v) is 15.2. The van der Waals surface area contributed by atoms with Gasteiger partial charge in [-0.05, 0) is 56.0 Å². The highest BCUT2D eigenvalue weighted by atomic mass is 35.5. The Hall–Kier alpha value is -0.140. The van der Waals surface area contributed by atoms with Gasteiger partial charge in [0.2, 0.25) is 10.0 Å². The second-order valence-electron chi connectivity index (χ2n) is 6.08. The van der Waals surface area contributed by atoms with Crippen molar-refractivity contribution in [3.05, 3.63) is 22.4 Å². The highest BCUT2D eigenvalue weighted by Crippen LogP contribution is 2.27. The summed E-state index contributed by atoms with van der Waals surface area (Å²) in [5.74, 6) is 0.913. The van der Waals surface area contributed by atoms with Crippen LogP contribution in [0.2, 0.25) is 0 Å². The number of sulfonamides is 1. The Morgan fingerprint density at radius 1 is 1.27 bits per heavy atom. The molecule has 3 rings (SSSR count). The van der Waals surface area contributed by atoms with Crippen LogP contribution in [-0.2, 0) is 16.4 Å². The van der Waals surface area contributed by atoms with E-state index in [2.05, 4.69) is 5.32 Å². The first-order valence-corrected chi connectivity index (χ1v) is 10.4. The van der Waals surface area contributed by atoms with Gasteiger partial charge >= 0.3 is 0 Å². The van der Waals surface area contributed by atoms with Gasteiger partial charge in [0.05, 0.1) is 5.75 Å². The summed E-state index contributed by atoms with van der Waals surface area (Å²) in [5.41, 5.74) is 0. The van der Waals surface area contributed by atoms with E-state index in [1.54, 1.807) is 15.6 Å². The molecule has 0 spiro atoms. The molecule has 2 aliphatic heterocycles. The fourth-order valence-electron chi connectivity index (χ4n) is 3.48. The fourth-order valence-corrected chi connectivity index (χ4v) is 5.83. The Bertz CT molecular complexity index is 534. The topological polar surface area (TPSA) is 49.4 Å². The minimum atomic E-state index is -3.09. The van der Waals surface area contributed by atoms with Gasteiger partial charge in [0, 0.05) is 24.0 Å². The van der Waals surface area contributed by atoms with Crippen LogP contribution in [0.25, 0.3) is 0 Å². The van der Waals surface area contributed by atoms with Gasteiger partial charge in [0.1, 0.15) is 0 Å². The van der Waals surface area contributed by atoms with E-state index in [0.29, 0.717) is 31.5 Å². The van der Waals surface area contributed by atoms with Crippen LogP contribution in [0.1, 0.15) is 30.6 Å². The smallest absolute Gasteiger partial charge is 0.214 e. The summed E-state index contributed by atoms with van der Waals surface area (Å²) >= 11 is 1.64. The molecule has 0 aromatic carbocycles. The molecular weight excluding hydrogens is 340 g/mol. The van der Waals surface area contributed by atoms with Crippen LogP contribution in [0, 0.1) is 5.92 Å². The third-order valence-corrected chi connectivity index (χ3v) is 7.55. The molecule has 0 saturated carbocycles. The summed E-state index contributed by atoms with van der Waals surface area (Å²) in [6.07, 6.45) is 5.19. The van der Waals surface area contributed by atoms with Crippen molar-refractivity contribution in [1.29, 1.82) is 0 Å². The van der Waals surface area contributed by atoms with Crippen LogP contribution in [0.4, 0.5) is 0 Å². The lowest BCUT2D eigenvalue weighted by Crippen LogP contribution is -2.44. The monoisotopic (exact) mass is 364 g/mol. The molecule has 1 N–H and O–H groups in total. The zero-order valence-electron chi connectivity index (χ0n) is 12.7. The molecule has 0 amide bonds. The average Bonchev–Trinajstić information content (AvgIpc) is 3.19. The minimum absolute atomic E-state index is 0. The van der Waals surface area contributed by atoms with Crippen molar-refractivity contribution in [3.8, 4) is 0 Å². The quantitative estimate of drug-likeness (QED) is 0.873. The number of hydrogen-bond acceptors (Lipinski definition) is 4. The van der Waals surface area contributed by atoms with E-state index in [1.807, 2.05) is 17.5 Å². The number of thiophene rings is 1. The number of rotatable bonds is 5. The number of aryl methyl sites for hydroxylation is 1. The minimum Gasteiger partial charge on any atom is -0.314 e. The molecule has 1 aromatic heterocycles. The Morgan fingerprint density at radius 3 is 2.64 bits per heavy atom. The van der Waals surface area contributed by atoms with Gasteiger partial charge in [0.25, 0.3) is 0 Å². The second kappa shape index (κ2) is 8.11. The van der Waals surface area contributed by atoms with Crippen molar-refractivity contribution in [3.63, 3.8) is 0 Å². The fraction of sp³-hybridized carbons (Fsp3) is 0.733. The summed E-state index contributed by atoms with van der Waals surface area (Å²) in [5, 5.41) is 5.56. The standard InChI is InChI=1S/C15H24N2O2S2.ClH/c18-21(19,12-7-14-3-2-11-20-14)17-9-5-13(6-10-17)15-4-1-8-16-15;/h2-3,11,13,15-16H,1,4-10,12H2;1H. The van der Waals surface area contributed by atoms with Crippen LogP contribution >= 0.6 is 23.7 Å². The Balaban J connectivity index is 0.00000176. The van der Waals surface area contributed by atoms with E-state index in [1.165, 1.54) is 12.8 Å². The van der Waals surface area contributed by atoms with Gasteiger partial charge in [0.15, 0.2) is 0 Å². The number of nitrogens with one attached hydrogen (secondary N) is 1. The maximum Gasteiger partial charge on any atom is 0.214 e. The molecule has 3 heterocycles. The van der Waals surface area contributed by atoms with Crippen molar-refractivity contribution < 1.29 is 8.42 Å². The van der Waals surface area contributed by atoms with Crippen molar-refractivity contribution in [2.24, 2.45) is 5.92 Å². The molecule has 0 bridgehead atoms. The number of halogens is 1. The summed E-state index contributed by atoms with van der Waals surface area (Å²) in [4.78, 5) is 1.16. The maximum absolute atomic E-state index is 12.4. The van der Waals surface area contributed by atoms with E-state index >= 15 is 0 Å². The SMILES string of the molecule is Cl.O=S(=O)(CCc1cccs1)N1CCC(C2CCCN2)CC1. The predicted molar refractivity (Wildman–Crippen MR) is 94.4 cm³/mol. The van der Waals surface area contributed by atoms with Crippen LogP contribution < -0.4 is 5.32 Å². The van der Waals surface area contributed by atoms with E-state index in [9.17, 15) is 8.42 Å². The molecule has 7 heteroatoms. The number of hydrogen-bond donors (Lipinski definition) is 1. The van der Waals surface area contributed by atoms with E-state index in [4.69, 9.17) is 0 Å². The zero-order chi connectivity index (χ0) is 14.7. The molecule has 0 radical (unpaired) electrons. The second-order valence-corrected chi connectivity index (χ2v) is 9.21. The van der Waals surface area contributed by atoms with Gasteiger partial charge < -0.3 is 5.32 Å². The van der Waals surface area contributed by atoms with Crippen molar-refractivity contribution in [2.45, 2.75) is 38.1 Å². The first-order chi connectivity index (χ1) is 10.1. The summed E-state index contributed by atoms with van der Waals surface area (Å²) in [7, 11) is -3.09. The van der Waals surface area contributed by atoms with Gasteiger partial charge in [-0.2, -0.15) is 0 Å². The first-order valence-electron chi connectivity index (χ1n) is 7.89. The van der Waals surface area contributed by atoms with Crippen molar-refractivity contribution in [1.82, 2.24) is 9.62 Å². The lowest BCUT2D eigenvalue weighted by Gasteiger charge is -2.34. The molecule has 1 aromatic rings. The predicted octanol–water partition coefficient (Wildman–Crippen LogP) is 2.51. The van der Waals surface area contributed by atoms with Gasteiger partial charge in [-0.25, -0.2) is 12.7 Å². The molecule has 126 valence electrons. The molecular formula is C15H25ClN2O2S2. The van der Waals surface area contributed by atoms with Crippen LogP contribution in [0.15, 0.2) is 17.5 Å². The summed E-state index contributed by atoms with van der Waals surface area (Å²) < 4.78 is 26.6. The molecule has 1 unspecified atom stereocenters. The van der Waals surface area contributed by atoms with Crippen molar-refractivity contribution >= 4 is 33.8 Å². The van der Waals surface area contributed by atoms with Crippen LogP contribution in [0.5, 0.6) is 0 Å². The van der Waals surface area contributed by atoms with Crippen LogP contribution in [-0.4, -0.2) is 44.2 Å². The normalized spacial score (nSPS) is 24.3. The molecule has 0 aliphatic carbocycles. The molecule has 2 saturated heterocycles. The molecule has 22 heavy (non-hydrogen) atoms. The first kappa shape index (κ1) is 18.2. The number of piperidine rings is 1. The third kappa shape index (κ3) is 4.45. The third-order valence-electron chi connectivity index (χ3n) is 4.75. The average molecular weight is 365 g/mol. The molecule has 2 fully saturated rings. The van der Waals surface area contributed by atoms with Crippen molar-refractivity contribution in [2.75, 3.05) is 25.4 Å². The van der Waals surface area contributed by atoms with E-state index in [-0.39, 0.29) is 18.2 Å². The van der Waals surface area contributed by atoms with Crippen LogP contribution in [0.3, 0.4) is 0 Å². The highest BCUT2D eigenvalue weighted by Gasteiger charge is 2.32. The lowest BCUT2D eigenvalue weighted by molar-refractivity contribution is 0.234. The Morgan fingerprint density at radius 2 is 2.05 bits per heavy atom. The largest absolute Gasteiger partial charge is 0.314 e. The Kier molecular flexibility index (Phi) is 6.71. The molecule has 4 nitrogen and oxygen atoms in total. The number of nitrogens with zero attached hydrogens (tertiary/aromatic N) is 1. The molecule has 1 atom stereocenters. The summed E-state index contributed by atoms with van der Waals surface area (Å²) in [6.45, 7) is 2.54. The highest BCUT2D eigenvalue weighted by molar-refractivity contribution is 7.89. The van der Waals surface area contributed by atoms with Gasteiger partial charge in [-0.1, -0.05) is 6.07 Å². The maximum atomic E-state index is 12.4. The summed E-state index contributed by atoms with van der Waals surface area (Å²) in [6, 6.07) is 4.62. The molecule has 2 aliphatic rings. The van der Waals surface area contributed by atoms with E-state index < -0.39 is 10.0 Å². The van der Waals surface area contributed by atoms with E-state index in [0.717, 1.165) is 24.3 Å². The Labute approximate surface area is 143 Å².